The molecule has 0 heterocycles. The van der Waals surface area contributed by atoms with Crippen LogP contribution in [-0.2, 0) is 9.59 Å². The third-order valence-corrected chi connectivity index (χ3v) is 1.31. The van der Waals surface area contributed by atoms with Gasteiger partial charge in [-0.3, -0.25) is 9.59 Å². The topological polar surface area (TPSA) is 60.2 Å². The van der Waals surface area contributed by atoms with Crippen molar-refractivity contribution < 1.29 is 9.59 Å². The minimum absolute atomic E-state index is 0.0237. The number of hydrogen-bond acceptors (Lipinski definition) is 3. The second kappa shape index (κ2) is 2.10. The van der Waals surface area contributed by atoms with Gasteiger partial charge in [-0.2, -0.15) is 0 Å². The Hall–Kier alpha value is -1.38. The van der Waals surface area contributed by atoms with Crippen molar-refractivity contribution in [3.05, 3.63) is 23.4 Å². The van der Waals surface area contributed by atoms with Gasteiger partial charge in [-0.05, 0) is 13.0 Å². The number of ketones is 2. The Balaban J connectivity index is 3.03. The molecule has 0 amide bonds. The molecule has 52 valence electrons. The number of carbonyl (C=O) groups excluding carboxylic acids is 2. The highest BCUT2D eigenvalue weighted by Crippen LogP contribution is 2.06. The Morgan fingerprint density at radius 2 is 1.80 bits per heavy atom. The summed E-state index contributed by atoms with van der Waals surface area (Å²) in [5.74, 6) is -0.464. The van der Waals surface area contributed by atoms with E-state index >= 15 is 0 Å². The molecule has 1 aliphatic rings. The summed E-state index contributed by atoms with van der Waals surface area (Å²) in [5, 5.41) is 0. The van der Waals surface area contributed by atoms with Gasteiger partial charge in [0.25, 0.3) is 0 Å². The highest BCUT2D eigenvalue weighted by atomic mass is 16.1. The Labute approximate surface area is 58.2 Å². The molecule has 0 aromatic rings. The molecule has 0 bridgehead atoms. The lowest BCUT2D eigenvalue weighted by atomic mass is 10.0. The van der Waals surface area contributed by atoms with E-state index in [4.69, 9.17) is 5.73 Å². The molecule has 3 heteroatoms. The van der Waals surface area contributed by atoms with Crippen LogP contribution in [0.4, 0.5) is 0 Å². The van der Waals surface area contributed by atoms with E-state index in [1.165, 1.54) is 6.08 Å². The number of nitrogens with two attached hydrogens (primary N) is 1. The standard InChI is InChI=1S/C7H7NO2/c1-4-2-7(10)5(8)3-6(4)9/h2-3H,8H2,1H3. The van der Waals surface area contributed by atoms with Crippen molar-refractivity contribution in [3.8, 4) is 0 Å². The third-order valence-electron chi connectivity index (χ3n) is 1.31. The van der Waals surface area contributed by atoms with E-state index < -0.39 is 0 Å². The largest absolute Gasteiger partial charge is 0.395 e. The first kappa shape index (κ1) is 6.74. The zero-order valence-corrected chi connectivity index (χ0v) is 5.55. The van der Waals surface area contributed by atoms with Crippen LogP contribution in [-0.4, -0.2) is 11.6 Å². The summed E-state index contributed by atoms with van der Waals surface area (Å²) < 4.78 is 0. The number of allylic oxidation sites excluding steroid dienone is 3. The van der Waals surface area contributed by atoms with Gasteiger partial charge in [-0.15, -0.1) is 0 Å². The van der Waals surface area contributed by atoms with Crippen LogP contribution in [0.5, 0.6) is 0 Å². The molecule has 1 aliphatic carbocycles. The highest BCUT2D eigenvalue weighted by molar-refractivity contribution is 6.19. The van der Waals surface area contributed by atoms with E-state index in [0.717, 1.165) is 6.08 Å². The predicted octanol–water partition coefficient (Wildman–Crippen LogP) is -0.0729. The fraction of sp³-hybridized carbons (Fsp3) is 0.143. The number of carbonyl (C=O) groups is 2. The van der Waals surface area contributed by atoms with Crippen molar-refractivity contribution in [2.45, 2.75) is 6.92 Å². The van der Waals surface area contributed by atoms with Crippen LogP contribution in [0, 0.1) is 0 Å². The average Bonchev–Trinajstić information content (AvgIpc) is 1.84. The smallest absolute Gasteiger partial charge is 0.201 e. The average molecular weight is 137 g/mol. The Morgan fingerprint density at radius 3 is 2.30 bits per heavy atom. The molecule has 2 N–H and O–H groups in total. The maximum atomic E-state index is 10.8. The predicted molar refractivity (Wildman–Crippen MR) is 36.0 cm³/mol. The quantitative estimate of drug-likeness (QED) is 0.475. The molecule has 0 unspecified atom stereocenters. The normalized spacial score (nSPS) is 18.5. The van der Waals surface area contributed by atoms with Crippen molar-refractivity contribution in [2.24, 2.45) is 5.73 Å². The van der Waals surface area contributed by atoms with Crippen LogP contribution in [0.25, 0.3) is 0 Å². The van der Waals surface area contributed by atoms with Gasteiger partial charge in [-0.25, -0.2) is 0 Å². The molecular weight excluding hydrogens is 130 g/mol. The minimum Gasteiger partial charge on any atom is -0.395 e. The van der Waals surface area contributed by atoms with Gasteiger partial charge in [-0.1, -0.05) is 0 Å². The lowest BCUT2D eigenvalue weighted by Crippen LogP contribution is -2.17. The monoisotopic (exact) mass is 137 g/mol. The third kappa shape index (κ3) is 0.978. The lowest BCUT2D eigenvalue weighted by molar-refractivity contribution is -0.115. The molecule has 0 aromatic carbocycles. The fourth-order valence-electron chi connectivity index (χ4n) is 0.677. The lowest BCUT2D eigenvalue weighted by Gasteiger charge is -2.03. The zero-order valence-electron chi connectivity index (χ0n) is 5.55. The van der Waals surface area contributed by atoms with Crippen molar-refractivity contribution >= 4 is 11.6 Å². The van der Waals surface area contributed by atoms with Crippen molar-refractivity contribution in [1.29, 1.82) is 0 Å². The zero-order chi connectivity index (χ0) is 7.72. The molecule has 0 radical (unpaired) electrons. The maximum absolute atomic E-state index is 10.8. The van der Waals surface area contributed by atoms with E-state index in [0.29, 0.717) is 5.57 Å². The van der Waals surface area contributed by atoms with Crippen LogP contribution < -0.4 is 5.73 Å². The van der Waals surface area contributed by atoms with E-state index in [1.54, 1.807) is 6.92 Å². The summed E-state index contributed by atoms with van der Waals surface area (Å²) in [5.41, 5.74) is 5.64. The first-order valence-electron chi connectivity index (χ1n) is 2.85. The Kier molecular flexibility index (Phi) is 1.41. The van der Waals surface area contributed by atoms with Gasteiger partial charge in [0, 0.05) is 11.6 Å². The molecule has 0 saturated heterocycles. The molecule has 0 spiro atoms. The summed E-state index contributed by atoms with van der Waals surface area (Å²) in [4.78, 5) is 21.5. The molecule has 0 saturated carbocycles. The molecule has 0 fully saturated rings. The van der Waals surface area contributed by atoms with E-state index in [2.05, 4.69) is 0 Å². The SMILES string of the molecule is CC1=CC(=O)C(N)=CC1=O. The van der Waals surface area contributed by atoms with Gasteiger partial charge >= 0.3 is 0 Å². The minimum atomic E-state index is -0.280. The van der Waals surface area contributed by atoms with Crippen molar-refractivity contribution in [3.63, 3.8) is 0 Å². The van der Waals surface area contributed by atoms with Crippen LogP contribution in [0.15, 0.2) is 23.4 Å². The van der Waals surface area contributed by atoms with E-state index in [-0.39, 0.29) is 17.3 Å². The molecule has 10 heavy (non-hydrogen) atoms. The molecule has 1 rings (SSSR count). The second-order valence-electron chi connectivity index (χ2n) is 2.16. The van der Waals surface area contributed by atoms with E-state index in [9.17, 15) is 9.59 Å². The van der Waals surface area contributed by atoms with Gasteiger partial charge < -0.3 is 5.73 Å². The van der Waals surface area contributed by atoms with Crippen LogP contribution in [0.3, 0.4) is 0 Å². The van der Waals surface area contributed by atoms with Gasteiger partial charge in [0.05, 0.1) is 5.70 Å². The highest BCUT2D eigenvalue weighted by Gasteiger charge is 2.13. The fourth-order valence-corrected chi connectivity index (χ4v) is 0.677. The summed E-state index contributed by atoms with van der Waals surface area (Å²) in [6.07, 6.45) is 2.40. The van der Waals surface area contributed by atoms with Gasteiger partial charge in [0.2, 0.25) is 5.78 Å². The molecule has 0 aromatic heterocycles. The number of rotatable bonds is 0. The van der Waals surface area contributed by atoms with Gasteiger partial charge in [0.1, 0.15) is 0 Å². The molecule has 0 atom stereocenters. The van der Waals surface area contributed by atoms with Crippen LogP contribution >= 0.6 is 0 Å². The Bertz CT molecular complexity index is 233. The van der Waals surface area contributed by atoms with Crippen molar-refractivity contribution in [1.82, 2.24) is 0 Å². The summed E-state index contributed by atoms with van der Waals surface area (Å²) in [7, 11) is 0. The van der Waals surface area contributed by atoms with Crippen molar-refractivity contribution in [2.75, 3.05) is 0 Å². The molecular formula is C7H7NO2. The molecule has 3 nitrogen and oxygen atoms in total. The summed E-state index contributed by atoms with van der Waals surface area (Å²) in [6.45, 7) is 1.59. The summed E-state index contributed by atoms with van der Waals surface area (Å²) in [6, 6.07) is 0. The number of hydrogen-bond donors (Lipinski definition) is 1. The first-order valence-corrected chi connectivity index (χ1v) is 2.85. The first-order chi connectivity index (χ1) is 4.61. The van der Waals surface area contributed by atoms with Gasteiger partial charge in [0.15, 0.2) is 5.78 Å². The van der Waals surface area contributed by atoms with Crippen LogP contribution in [0.1, 0.15) is 6.92 Å². The van der Waals surface area contributed by atoms with E-state index in [1.807, 2.05) is 0 Å². The Morgan fingerprint density at radius 1 is 1.20 bits per heavy atom. The summed E-state index contributed by atoms with van der Waals surface area (Å²) >= 11 is 0. The second-order valence-corrected chi connectivity index (χ2v) is 2.16. The molecule has 0 aliphatic heterocycles. The maximum Gasteiger partial charge on any atom is 0.201 e. The van der Waals surface area contributed by atoms with Crippen LogP contribution in [0.2, 0.25) is 0 Å².